The molecular weight excluding hydrogens is 517 g/mol. The summed E-state index contributed by atoms with van der Waals surface area (Å²) >= 11 is 1.44. The van der Waals surface area contributed by atoms with Gasteiger partial charge in [-0.25, -0.2) is 4.98 Å². The first-order chi connectivity index (χ1) is 18.5. The number of thiazole rings is 1. The fraction of sp³-hybridized carbons (Fsp3) is 0.438. The van der Waals surface area contributed by atoms with Gasteiger partial charge in [-0.2, -0.15) is 0 Å². The molecular formula is C32H44N4OSSi. The van der Waals surface area contributed by atoms with E-state index in [1.54, 1.807) is 0 Å². The molecule has 0 spiro atoms. The first kappa shape index (κ1) is 30.8. The van der Waals surface area contributed by atoms with Crippen LogP contribution in [0.25, 0.3) is 11.3 Å². The van der Waals surface area contributed by atoms with E-state index in [2.05, 4.69) is 101 Å². The van der Waals surface area contributed by atoms with Crippen molar-refractivity contribution in [2.75, 3.05) is 32.5 Å². The van der Waals surface area contributed by atoms with Crippen molar-refractivity contribution in [2.45, 2.75) is 64.7 Å². The third kappa shape index (κ3) is 8.12. The van der Waals surface area contributed by atoms with E-state index in [0.29, 0.717) is 27.3 Å². The summed E-state index contributed by atoms with van der Waals surface area (Å²) < 4.78 is 0. The maximum Gasteiger partial charge on any atom is 0.257 e. The average Bonchev–Trinajstić information content (AvgIpc) is 3.35. The minimum Gasteiger partial charge on any atom is -0.311 e. The second kappa shape index (κ2) is 14.0. The second-order valence-corrected chi connectivity index (χ2v) is 17.8. The van der Waals surface area contributed by atoms with Gasteiger partial charge in [-0.1, -0.05) is 71.7 Å². The molecule has 0 unspecified atom stereocenters. The van der Waals surface area contributed by atoms with Gasteiger partial charge in [0.05, 0.1) is 5.69 Å². The first-order valence-electron chi connectivity index (χ1n) is 13.9. The summed E-state index contributed by atoms with van der Waals surface area (Å²) in [7, 11) is 2.33. The lowest BCUT2D eigenvalue weighted by atomic mass is 10.1. The molecule has 39 heavy (non-hydrogen) atoms. The molecule has 1 aromatic heterocycles. The molecule has 1 heterocycles. The van der Waals surface area contributed by atoms with Crippen molar-refractivity contribution in [1.82, 2.24) is 15.2 Å². The number of nitrogens with zero attached hydrogens (tertiary/aromatic N) is 2. The normalized spacial score (nSPS) is 11.8. The summed E-state index contributed by atoms with van der Waals surface area (Å²) in [6, 6.07) is 16.0. The largest absolute Gasteiger partial charge is 0.311 e. The highest BCUT2D eigenvalue weighted by Crippen LogP contribution is 2.40. The molecule has 7 heteroatoms. The average molecular weight is 561 g/mol. The molecule has 0 atom stereocenters. The number of hydrogen-bond donors (Lipinski definition) is 2. The van der Waals surface area contributed by atoms with Crippen LogP contribution in [-0.2, 0) is 6.54 Å². The summed E-state index contributed by atoms with van der Waals surface area (Å²) in [6.07, 6.45) is 0. The maximum atomic E-state index is 12.8. The first-order valence-corrected chi connectivity index (χ1v) is 17.0. The monoisotopic (exact) mass is 560 g/mol. The SMILES string of the molecule is CC(C)[Si](C#Cc1cccc(-c2csc(NC(=O)c3ccc(CNCCN(C)C)cc3)n2)c1)(C(C)C)C(C)C. The summed E-state index contributed by atoms with van der Waals surface area (Å²) in [4.78, 5) is 19.7. The van der Waals surface area contributed by atoms with E-state index in [-0.39, 0.29) is 5.91 Å². The molecule has 2 N–H and O–H groups in total. The zero-order valence-electron chi connectivity index (χ0n) is 24.8. The summed E-state index contributed by atoms with van der Waals surface area (Å²) in [5.41, 5.74) is 10.2. The molecule has 5 nitrogen and oxygen atoms in total. The number of carbonyl (C=O) groups is 1. The highest BCUT2D eigenvalue weighted by Gasteiger charge is 2.41. The molecule has 3 aromatic rings. The van der Waals surface area contributed by atoms with Crippen LogP contribution in [0.5, 0.6) is 0 Å². The lowest BCUT2D eigenvalue weighted by Gasteiger charge is -2.38. The quantitative estimate of drug-likeness (QED) is 0.147. The van der Waals surface area contributed by atoms with E-state index in [9.17, 15) is 4.79 Å². The van der Waals surface area contributed by atoms with Crippen molar-refractivity contribution >= 4 is 30.4 Å². The third-order valence-electron chi connectivity index (χ3n) is 7.45. The molecule has 2 aromatic carbocycles. The Balaban J connectivity index is 1.68. The number of nitrogens with one attached hydrogen (secondary N) is 2. The van der Waals surface area contributed by atoms with E-state index >= 15 is 0 Å². The van der Waals surface area contributed by atoms with Gasteiger partial charge in [0.2, 0.25) is 0 Å². The van der Waals surface area contributed by atoms with Gasteiger partial charge in [0.1, 0.15) is 8.07 Å². The highest BCUT2D eigenvalue weighted by molar-refractivity contribution is 7.14. The van der Waals surface area contributed by atoms with Gasteiger partial charge in [-0.15, -0.1) is 16.9 Å². The predicted molar refractivity (Wildman–Crippen MR) is 170 cm³/mol. The van der Waals surface area contributed by atoms with Crippen molar-refractivity contribution in [2.24, 2.45) is 0 Å². The van der Waals surface area contributed by atoms with Crippen LogP contribution < -0.4 is 10.6 Å². The Kier molecular flexibility index (Phi) is 11.1. The zero-order valence-corrected chi connectivity index (χ0v) is 26.6. The number of rotatable bonds is 11. The Bertz CT molecular complexity index is 1260. The number of benzene rings is 2. The summed E-state index contributed by atoms with van der Waals surface area (Å²) in [5.74, 6) is 3.38. The number of anilines is 1. The molecule has 0 fully saturated rings. The van der Waals surface area contributed by atoms with Crippen LogP contribution in [0.3, 0.4) is 0 Å². The van der Waals surface area contributed by atoms with Crippen LogP contribution in [0.15, 0.2) is 53.9 Å². The molecule has 0 saturated heterocycles. The lowest BCUT2D eigenvalue weighted by molar-refractivity contribution is 0.102. The summed E-state index contributed by atoms with van der Waals surface area (Å²) in [5, 5.41) is 8.95. The van der Waals surface area contributed by atoms with Crippen LogP contribution in [-0.4, -0.2) is 51.0 Å². The fourth-order valence-electron chi connectivity index (χ4n) is 5.31. The minimum atomic E-state index is -1.80. The Morgan fingerprint density at radius 2 is 1.67 bits per heavy atom. The number of likely N-dealkylation sites (N-methyl/N-ethyl adjacent to an activating group) is 1. The maximum absolute atomic E-state index is 12.8. The van der Waals surface area contributed by atoms with Gasteiger partial charge in [-0.3, -0.25) is 10.1 Å². The van der Waals surface area contributed by atoms with Crippen molar-refractivity contribution in [3.8, 4) is 22.7 Å². The highest BCUT2D eigenvalue weighted by atomic mass is 32.1. The second-order valence-electron chi connectivity index (χ2n) is 11.4. The van der Waals surface area contributed by atoms with Gasteiger partial charge < -0.3 is 10.2 Å². The molecule has 0 bridgehead atoms. The molecule has 0 aliphatic heterocycles. The van der Waals surface area contributed by atoms with E-state index in [1.807, 2.05) is 35.7 Å². The van der Waals surface area contributed by atoms with Gasteiger partial charge in [-0.05, 0) is 60.5 Å². The van der Waals surface area contributed by atoms with E-state index < -0.39 is 8.07 Å². The smallest absolute Gasteiger partial charge is 0.257 e. The van der Waals surface area contributed by atoms with E-state index in [0.717, 1.165) is 42.0 Å². The van der Waals surface area contributed by atoms with Crippen molar-refractivity contribution in [1.29, 1.82) is 0 Å². The van der Waals surface area contributed by atoms with Gasteiger partial charge in [0.15, 0.2) is 5.13 Å². The fourth-order valence-corrected chi connectivity index (χ4v) is 11.3. The number of hydrogen-bond acceptors (Lipinski definition) is 5. The molecule has 3 rings (SSSR count). The topological polar surface area (TPSA) is 57.3 Å². The molecule has 0 radical (unpaired) electrons. The van der Waals surface area contributed by atoms with Crippen LogP contribution >= 0.6 is 11.3 Å². The third-order valence-corrected chi connectivity index (χ3v) is 14.5. The lowest BCUT2D eigenvalue weighted by Crippen LogP contribution is -2.43. The number of amides is 1. The van der Waals surface area contributed by atoms with Crippen LogP contribution in [0.4, 0.5) is 5.13 Å². The Hall–Kier alpha value is -2.76. The van der Waals surface area contributed by atoms with Crippen molar-refractivity contribution in [3.63, 3.8) is 0 Å². The van der Waals surface area contributed by atoms with E-state index in [1.165, 1.54) is 11.3 Å². The van der Waals surface area contributed by atoms with Gasteiger partial charge in [0.25, 0.3) is 5.91 Å². The van der Waals surface area contributed by atoms with Crippen LogP contribution in [0.1, 0.15) is 63.0 Å². The van der Waals surface area contributed by atoms with Gasteiger partial charge >= 0.3 is 0 Å². The Labute approximate surface area is 240 Å². The number of carbonyl (C=O) groups excluding carboxylic acids is 1. The van der Waals surface area contributed by atoms with Crippen LogP contribution in [0.2, 0.25) is 16.6 Å². The predicted octanol–water partition coefficient (Wildman–Crippen LogP) is 7.28. The molecule has 0 aliphatic carbocycles. The zero-order chi connectivity index (χ0) is 28.6. The van der Waals surface area contributed by atoms with E-state index in [4.69, 9.17) is 4.98 Å². The summed E-state index contributed by atoms with van der Waals surface area (Å²) in [6.45, 7) is 16.7. The number of aromatic nitrogens is 1. The van der Waals surface area contributed by atoms with Gasteiger partial charge in [0, 0.05) is 41.7 Å². The minimum absolute atomic E-state index is 0.153. The van der Waals surface area contributed by atoms with Crippen LogP contribution in [0, 0.1) is 11.5 Å². The Morgan fingerprint density at radius 3 is 2.28 bits per heavy atom. The van der Waals surface area contributed by atoms with Crippen molar-refractivity contribution < 1.29 is 4.79 Å². The van der Waals surface area contributed by atoms with Crippen molar-refractivity contribution in [3.05, 3.63) is 70.6 Å². The molecule has 208 valence electrons. The molecule has 1 amide bonds. The molecule has 0 aliphatic rings. The Morgan fingerprint density at radius 1 is 1.00 bits per heavy atom. The molecule has 0 saturated carbocycles. The standard InChI is InChI=1S/C32H44N4OSSi/c1-23(2)39(24(3)4,25(5)6)19-16-26-10-9-11-29(20-26)30-22-38-32(34-30)35-31(37)28-14-12-27(13-15-28)21-33-17-18-36(7)8/h9-15,20,22-25,33H,17-18,21H2,1-8H3,(H,34,35,37).